The Balaban J connectivity index is 1.44. The number of carbonyl (C=O) groups is 1. The van der Waals surface area contributed by atoms with Crippen LogP contribution in [0.25, 0.3) is 0 Å². The molecule has 2 heterocycles. The first-order valence-corrected chi connectivity index (χ1v) is 10.9. The number of methoxy groups -OCH3 is 1. The summed E-state index contributed by atoms with van der Waals surface area (Å²) in [6.45, 7) is 3.00. The molecular formula is C23H26ClN3O4. The van der Waals surface area contributed by atoms with Crippen LogP contribution in [-0.4, -0.2) is 34.9 Å². The summed E-state index contributed by atoms with van der Waals surface area (Å²) in [7, 11) is 1.41. The lowest BCUT2D eigenvalue weighted by Crippen LogP contribution is -2.45. The van der Waals surface area contributed by atoms with Gasteiger partial charge in [0.05, 0.1) is 23.8 Å². The minimum Gasteiger partial charge on any atom is -0.494 e. The zero-order valence-electron chi connectivity index (χ0n) is 17.6. The van der Waals surface area contributed by atoms with Crippen LogP contribution >= 0.6 is 11.6 Å². The Hall–Kier alpha value is -2.64. The number of amides is 1. The van der Waals surface area contributed by atoms with Crippen molar-refractivity contribution in [3.63, 3.8) is 0 Å². The zero-order chi connectivity index (χ0) is 22.1. The third kappa shape index (κ3) is 4.52. The van der Waals surface area contributed by atoms with Crippen LogP contribution in [0, 0.1) is 23.0 Å². The highest BCUT2D eigenvalue weighted by atomic mass is 35.5. The first-order valence-electron chi connectivity index (χ1n) is 10.5. The Morgan fingerprint density at radius 3 is 2.45 bits per heavy atom. The van der Waals surface area contributed by atoms with Crippen LogP contribution < -0.4 is 10.1 Å². The van der Waals surface area contributed by atoms with Crippen molar-refractivity contribution in [2.45, 2.75) is 51.2 Å². The fourth-order valence-corrected chi connectivity index (χ4v) is 5.07. The molecule has 31 heavy (non-hydrogen) atoms. The Morgan fingerprint density at radius 1 is 1.23 bits per heavy atom. The molecular weight excluding hydrogens is 418 g/mol. The van der Waals surface area contributed by atoms with Gasteiger partial charge in [-0.05, 0) is 44.2 Å². The van der Waals surface area contributed by atoms with Gasteiger partial charge in [0.15, 0.2) is 0 Å². The molecule has 0 radical (unpaired) electrons. The lowest BCUT2D eigenvalue weighted by molar-refractivity contribution is -0.384. The molecule has 2 unspecified atom stereocenters. The van der Waals surface area contributed by atoms with E-state index in [1.54, 1.807) is 0 Å². The number of hydrogen-bond acceptors (Lipinski definition) is 5. The van der Waals surface area contributed by atoms with Gasteiger partial charge in [-0.1, -0.05) is 41.4 Å². The molecule has 0 spiro atoms. The van der Waals surface area contributed by atoms with Crippen molar-refractivity contribution >= 4 is 28.9 Å². The number of carbonyl (C=O) groups excluding carboxylic acids is 1. The second-order valence-electron chi connectivity index (χ2n) is 8.46. The molecule has 2 bridgehead atoms. The molecule has 2 fully saturated rings. The molecule has 0 aromatic heterocycles. The maximum Gasteiger partial charge on any atom is 0.291 e. The number of hydrogen-bond donors (Lipinski definition) is 1. The predicted molar refractivity (Wildman–Crippen MR) is 120 cm³/mol. The molecule has 2 aliphatic rings. The summed E-state index contributed by atoms with van der Waals surface area (Å²) < 4.78 is 5.24. The molecule has 1 amide bonds. The Bertz CT molecular complexity index is 981. The maximum atomic E-state index is 13.0. The van der Waals surface area contributed by atoms with Crippen LogP contribution in [-0.2, 0) is 11.3 Å². The Labute approximate surface area is 186 Å². The van der Waals surface area contributed by atoms with Crippen molar-refractivity contribution in [1.29, 1.82) is 0 Å². The fraction of sp³-hybridized carbons (Fsp3) is 0.435. The predicted octanol–water partition coefficient (Wildman–Crippen LogP) is 4.95. The van der Waals surface area contributed by atoms with E-state index in [-0.39, 0.29) is 28.3 Å². The average Bonchev–Trinajstić information content (AvgIpc) is 2.96. The smallest absolute Gasteiger partial charge is 0.291 e. The van der Waals surface area contributed by atoms with Gasteiger partial charge in [-0.15, -0.1) is 0 Å². The summed E-state index contributed by atoms with van der Waals surface area (Å²) in [5.74, 6) is 0.0322. The normalized spacial score (nSPS) is 22.9. The first-order chi connectivity index (χ1) is 14.9. The van der Waals surface area contributed by atoms with Gasteiger partial charge in [0.25, 0.3) is 5.69 Å². The number of ether oxygens (including phenoxy) is 1. The number of halogens is 1. The van der Waals surface area contributed by atoms with E-state index in [1.165, 1.54) is 30.4 Å². The summed E-state index contributed by atoms with van der Waals surface area (Å²) in [6, 6.07) is 12.0. The van der Waals surface area contributed by atoms with E-state index < -0.39 is 4.92 Å². The largest absolute Gasteiger partial charge is 0.494 e. The second kappa shape index (κ2) is 8.85. The van der Waals surface area contributed by atoms with Crippen LogP contribution in [0.15, 0.2) is 36.4 Å². The SMILES string of the molecule is COc1cc([N+](=O)[O-])c(Cl)cc1NC(=O)C1CC2CCC(C1)N2Cc1ccc(C)cc1. The van der Waals surface area contributed by atoms with Gasteiger partial charge in [0, 0.05) is 24.5 Å². The Morgan fingerprint density at radius 2 is 1.87 bits per heavy atom. The summed E-state index contributed by atoms with van der Waals surface area (Å²) in [5.41, 5.74) is 2.66. The van der Waals surface area contributed by atoms with Crippen molar-refractivity contribution in [2.75, 3.05) is 12.4 Å². The van der Waals surface area contributed by atoms with Crippen LogP contribution in [0.5, 0.6) is 5.75 Å². The van der Waals surface area contributed by atoms with Crippen molar-refractivity contribution in [3.05, 3.63) is 62.7 Å². The van der Waals surface area contributed by atoms with Crippen molar-refractivity contribution in [1.82, 2.24) is 4.90 Å². The third-order valence-corrected chi connectivity index (χ3v) is 6.77. The van der Waals surface area contributed by atoms with Crippen molar-refractivity contribution in [2.24, 2.45) is 5.92 Å². The number of nitro groups is 1. The molecule has 4 rings (SSSR count). The molecule has 0 saturated carbocycles. The molecule has 1 N–H and O–H groups in total. The number of aryl methyl sites for hydroxylation is 1. The molecule has 2 saturated heterocycles. The number of anilines is 1. The lowest BCUT2D eigenvalue weighted by atomic mass is 9.89. The number of nitrogens with zero attached hydrogens (tertiary/aromatic N) is 2. The monoisotopic (exact) mass is 443 g/mol. The number of rotatable bonds is 6. The second-order valence-corrected chi connectivity index (χ2v) is 8.87. The molecule has 2 aromatic carbocycles. The van der Waals surface area contributed by atoms with Gasteiger partial charge in [-0.2, -0.15) is 0 Å². The van der Waals surface area contributed by atoms with E-state index in [0.717, 1.165) is 32.2 Å². The van der Waals surface area contributed by atoms with E-state index in [4.69, 9.17) is 16.3 Å². The van der Waals surface area contributed by atoms with Gasteiger partial charge in [0.1, 0.15) is 10.8 Å². The summed E-state index contributed by atoms with van der Waals surface area (Å²) in [6.07, 6.45) is 3.81. The highest BCUT2D eigenvalue weighted by Gasteiger charge is 2.42. The van der Waals surface area contributed by atoms with Gasteiger partial charge in [0.2, 0.25) is 5.91 Å². The minimum atomic E-state index is -0.572. The van der Waals surface area contributed by atoms with Crippen LogP contribution in [0.1, 0.15) is 36.8 Å². The lowest BCUT2D eigenvalue weighted by Gasteiger charge is -2.38. The molecule has 2 aliphatic heterocycles. The summed E-state index contributed by atoms with van der Waals surface area (Å²) in [4.78, 5) is 26.1. The topological polar surface area (TPSA) is 84.7 Å². The average molecular weight is 444 g/mol. The summed E-state index contributed by atoms with van der Waals surface area (Å²) in [5, 5.41) is 14.0. The molecule has 2 atom stereocenters. The van der Waals surface area contributed by atoms with Gasteiger partial charge < -0.3 is 10.1 Å². The van der Waals surface area contributed by atoms with Gasteiger partial charge in [-0.25, -0.2) is 0 Å². The van der Waals surface area contributed by atoms with Gasteiger partial charge >= 0.3 is 0 Å². The van der Waals surface area contributed by atoms with Gasteiger partial charge in [-0.3, -0.25) is 19.8 Å². The molecule has 0 aliphatic carbocycles. The van der Waals surface area contributed by atoms with E-state index in [1.807, 2.05) is 0 Å². The highest BCUT2D eigenvalue weighted by Crippen LogP contribution is 2.41. The minimum absolute atomic E-state index is 0.0333. The highest BCUT2D eigenvalue weighted by molar-refractivity contribution is 6.33. The number of nitrogens with one attached hydrogen (secondary N) is 1. The third-order valence-electron chi connectivity index (χ3n) is 6.46. The quantitative estimate of drug-likeness (QED) is 0.504. The molecule has 2 aromatic rings. The van der Waals surface area contributed by atoms with Crippen LogP contribution in [0.2, 0.25) is 5.02 Å². The number of nitro benzene ring substituents is 1. The molecule has 8 heteroatoms. The van der Waals surface area contributed by atoms with E-state index in [0.29, 0.717) is 17.8 Å². The molecule has 7 nitrogen and oxygen atoms in total. The summed E-state index contributed by atoms with van der Waals surface area (Å²) >= 11 is 6.03. The van der Waals surface area contributed by atoms with E-state index in [9.17, 15) is 14.9 Å². The fourth-order valence-electron chi connectivity index (χ4n) is 4.83. The zero-order valence-corrected chi connectivity index (χ0v) is 18.4. The first kappa shape index (κ1) is 21.6. The number of piperidine rings is 1. The Kier molecular flexibility index (Phi) is 6.16. The maximum absolute atomic E-state index is 13.0. The standard InChI is InChI=1S/C23H26ClN3O4/c1-14-3-5-15(6-4-14)13-26-17-7-8-18(26)10-16(9-17)23(28)25-20-11-19(24)21(27(29)30)12-22(20)31-2/h3-6,11-12,16-18H,7-10,13H2,1-2H3,(H,25,28). The van der Waals surface area contributed by atoms with Crippen LogP contribution in [0.3, 0.4) is 0 Å². The van der Waals surface area contributed by atoms with Crippen LogP contribution in [0.4, 0.5) is 11.4 Å². The number of benzene rings is 2. The van der Waals surface area contributed by atoms with E-state index in [2.05, 4.69) is 41.4 Å². The van der Waals surface area contributed by atoms with Crippen molar-refractivity contribution in [3.8, 4) is 5.75 Å². The number of fused-ring (bicyclic) bond motifs is 2. The van der Waals surface area contributed by atoms with E-state index >= 15 is 0 Å². The molecule has 164 valence electrons. The van der Waals surface area contributed by atoms with Crippen molar-refractivity contribution < 1.29 is 14.5 Å².